The smallest absolute Gasteiger partial charge is 0.258 e. The molecule has 1 atom stereocenters. The van der Waals surface area contributed by atoms with Crippen LogP contribution in [0.3, 0.4) is 0 Å². The molecule has 11 heterocycles. The molecule has 6 aromatic heterocycles. The number of carbonyl (C=O) groups is 1. The average Bonchev–Trinajstić information content (AvgIpc) is 3.61. The summed E-state index contributed by atoms with van der Waals surface area (Å²) < 4.78 is 18.2. The Morgan fingerprint density at radius 1 is 0.476 bits per heavy atom. The van der Waals surface area contributed by atoms with Crippen LogP contribution in [0, 0.1) is 11.8 Å². The lowest BCUT2D eigenvalue weighted by Crippen LogP contribution is -2.54. The molecule has 0 amide bonds. The van der Waals surface area contributed by atoms with Crippen molar-refractivity contribution in [2.45, 2.75) is 63.9 Å². The highest BCUT2D eigenvalue weighted by atomic mass is 35.5. The topological polar surface area (TPSA) is 197 Å². The Hall–Kier alpha value is -8.55. The second-order valence-corrected chi connectivity index (χ2v) is 21.8. The van der Waals surface area contributed by atoms with Crippen molar-refractivity contribution in [2.24, 2.45) is 11.8 Å². The molecule has 9 aromatic rings. The number of ether oxygens (including phenoxy) is 3. The lowest BCUT2D eigenvalue weighted by molar-refractivity contribution is -0.121. The van der Waals surface area contributed by atoms with Crippen molar-refractivity contribution in [1.29, 1.82) is 0 Å². The zero-order valence-electron chi connectivity index (χ0n) is 45.9. The number of Topliss-reactive ketones (excluding diaryl/α,β-unsaturated/α-hetero) is 1. The minimum atomic E-state index is -0.255. The minimum Gasteiger partial charge on any atom is -0.468 e. The summed E-state index contributed by atoms with van der Waals surface area (Å²) in [7, 11) is 0. The van der Waals surface area contributed by atoms with Gasteiger partial charge >= 0.3 is 0 Å². The first kappa shape index (κ1) is 54.1. The molecule has 5 aliphatic rings. The van der Waals surface area contributed by atoms with E-state index in [9.17, 15) is 9.90 Å². The first-order chi connectivity index (χ1) is 40.1. The summed E-state index contributed by atoms with van der Waals surface area (Å²) in [4.78, 5) is 62.9. The fourth-order valence-corrected chi connectivity index (χ4v) is 11.1. The summed E-state index contributed by atoms with van der Waals surface area (Å²) in [6.45, 7) is 11.5. The number of nitrogens with zero attached hydrogens (tertiary/aromatic N) is 14. The van der Waals surface area contributed by atoms with Gasteiger partial charge in [0.25, 0.3) is 17.6 Å². The van der Waals surface area contributed by atoms with Crippen LogP contribution in [0.25, 0.3) is 32.7 Å². The molecular weight excluding hydrogens is 1060 g/mol. The number of pyridine rings is 3. The zero-order valence-corrected chi connectivity index (χ0v) is 46.7. The SMILES string of the molecule is CC(=O)C1CCN(c2nccnc2OC2CN(c3ccc4ccccc4n3)C2)CC1.CC(O)C1CCN(c2nccnc2OC2CN(c3ccc4ccccc4n3)C2)CC1.Clc1nccnc1OC1CN(c2ccc3ccccc3n2)C1. The lowest BCUT2D eigenvalue weighted by Gasteiger charge is -2.40. The zero-order chi connectivity index (χ0) is 55.9. The van der Waals surface area contributed by atoms with Crippen molar-refractivity contribution in [2.75, 3.05) is 89.9 Å². The third kappa shape index (κ3) is 12.5. The van der Waals surface area contributed by atoms with Gasteiger partial charge in [0.15, 0.2) is 16.8 Å². The van der Waals surface area contributed by atoms with E-state index in [-0.39, 0.29) is 36.1 Å². The maximum absolute atomic E-state index is 11.6. The van der Waals surface area contributed by atoms with Crippen molar-refractivity contribution >= 4 is 79.2 Å². The number of halogens is 1. The van der Waals surface area contributed by atoms with Crippen LogP contribution < -0.4 is 38.7 Å². The molecule has 5 fully saturated rings. The van der Waals surface area contributed by atoms with E-state index in [1.165, 1.54) is 0 Å². The maximum atomic E-state index is 11.6. The number of rotatable bonds is 13. The van der Waals surface area contributed by atoms with Gasteiger partial charge in [-0.15, -0.1) is 0 Å². The Kier molecular flexibility index (Phi) is 16.3. The molecule has 1 unspecified atom stereocenters. The number of benzene rings is 3. The van der Waals surface area contributed by atoms with Crippen LogP contribution in [0.2, 0.25) is 5.15 Å². The molecular formula is C62H65ClN14O5. The third-order valence-electron chi connectivity index (χ3n) is 15.9. The number of fused-ring (bicyclic) bond motifs is 3. The van der Waals surface area contributed by atoms with Crippen LogP contribution in [0.4, 0.5) is 29.1 Å². The van der Waals surface area contributed by atoms with E-state index >= 15 is 0 Å². The van der Waals surface area contributed by atoms with Crippen LogP contribution in [-0.2, 0) is 4.79 Å². The van der Waals surface area contributed by atoms with Gasteiger partial charge in [0.05, 0.1) is 61.9 Å². The first-order valence-corrected chi connectivity index (χ1v) is 28.6. The van der Waals surface area contributed by atoms with Gasteiger partial charge in [-0.1, -0.05) is 66.2 Å². The summed E-state index contributed by atoms with van der Waals surface area (Å²) in [5.41, 5.74) is 3.02. The molecule has 0 bridgehead atoms. The number of para-hydroxylation sites is 3. The van der Waals surface area contributed by atoms with Gasteiger partial charge in [0, 0.05) is 85.4 Å². The molecule has 0 saturated carbocycles. The minimum absolute atomic E-state index is 0.0578. The van der Waals surface area contributed by atoms with Gasteiger partial charge in [0.1, 0.15) is 41.5 Å². The van der Waals surface area contributed by atoms with E-state index < -0.39 is 0 Å². The standard InChI is InChI=1S/C23H27N5O2.C23H25N5O2.C16H13ClN4O/c2*1-16(29)17-8-12-27(13-9-17)22-23(25-11-10-24-22)30-19-14-28(15-19)21-7-6-18-4-2-3-5-20(18)26-21;17-15-16(19-8-7-18-15)22-12-9-21(10-12)14-6-5-11-3-1-2-4-13(11)20-14/h2-7,10-11,16-17,19,29H,8-9,12-15H2,1H3;2-7,10-11,17,19H,8-9,12-15H2,1H3;1-8,12H,9-10H2. The molecule has 0 spiro atoms. The second kappa shape index (κ2) is 24.7. The Morgan fingerprint density at radius 3 is 1.22 bits per heavy atom. The molecule has 5 aliphatic heterocycles. The van der Waals surface area contributed by atoms with Gasteiger partial charge < -0.3 is 43.8 Å². The Balaban J connectivity index is 0.000000123. The fraction of sp³-hybridized carbons (Fsp3) is 0.355. The average molecular weight is 1120 g/mol. The molecule has 19 nitrogen and oxygen atoms in total. The van der Waals surface area contributed by atoms with Crippen LogP contribution >= 0.6 is 11.6 Å². The molecule has 20 heteroatoms. The van der Waals surface area contributed by atoms with Gasteiger partial charge in [-0.3, -0.25) is 4.79 Å². The number of aromatic nitrogens is 9. The molecule has 1 N–H and O–H groups in total. The maximum Gasteiger partial charge on any atom is 0.258 e. The Bertz CT molecular complexity index is 3640. The highest BCUT2D eigenvalue weighted by molar-refractivity contribution is 6.30. The molecule has 3 aromatic carbocycles. The van der Waals surface area contributed by atoms with E-state index in [2.05, 4.69) is 108 Å². The molecule has 0 aliphatic carbocycles. The second-order valence-electron chi connectivity index (χ2n) is 21.5. The van der Waals surface area contributed by atoms with Crippen molar-refractivity contribution in [3.8, 4) is 17.6 Å². The van der Waals surface area contributed by atoms with Crippen LogP contribution in [0.5, 0.6) is 17.6 Å². The largest absolute Gasteiger partial charge is 0.468 e. The predicted octanol–water partition coefficient (Wildman–Crippen LogP) is 8.93. The number of carbonyl (C=O) groups excluding carboxylic acids is 1. The van der Waals surface area contributed by atoms with Crippen molar-refractivity contribution < 1.29 is 24.1 Å². The van der Waals surface area contributed by atoms with Crippen molar-refractivity contribution in [1.82, 2.24) is 44.9 Å². The highest BCUT2D eigenvalue weighted by Gasteiger charge is 2.35. The Labute approximate surface area is 481 Å². The quantitative estimate of drug-likeness (QED) is 0.115. The highest BCUT2D eigenvalue weighted by Crippen LogP contribution is 2.34. The number of aliphatic hydroxyl groups excluding tert-OH is 1. The summed E-state index contributed by atoms with van der Waals surface area (Å²) >= 11 is 5.94. The normalized spacial score (nSPS) is 17.4. The van der Waals surface area contributed by atoms with Crippen molar-refractivity contribution in [3.05, 3.63) is 152 Å². The van der Waals surface area contributed by atoms with Crippen LogP contribution in [0.1, 0.15) is 39.5 Å². The lowest BCUT2D eigenvalue weighted by atomic mass is 9.92. The number of ketones is 1. The number of aliphatic hydroxyl groups is 1. The van der Waals surface area contributed by atoms with Crippen molar-refractivity contribution in [3.63, 3.8) is 0 Å². The summed E-state index contributed by atoms with van der Waals surface area (Å²) in [5, 5.41) is 13.6. The Morgan fingerprint density at radius 2 is 0.829 bits per heavy atom. The van der Waals surface area contributed by atoms with E-state index in [0.29, 0.717) is 28.7 Å². The molecule has 14 rings (SSSR count). The van der Waals surface area contributed by atoms with Crippen LogP contribution in [0.15, 0.2) is 146 Å². The molecule has 420 valence electrons. The molecule has 5 saturated heterocycles. The van der Waals surface area contributed by atoms with Gasteiger partial charge in [-0.25, -0.2) is 44.9 Å². The first-order valence-electron chi connectivity index (χ1n) is 28.2. The molecule has 82 heavy (non-hydrogen) atoms. The number of hydrogen-bond acceptors (Lipinski definition) is 19. The van der Waals surface area contributed by atoms with E-state index in [4.69, 9.17) is 35.8 Å². The van der Waals surface area contributed by atoms with Gasteiger partial charge in [-0.2, -0.15) is 0 Å². The van der Waals surface area contributed by atoms with E-state index in [0.717, 1.165) is 153 Å². The van der Waals surface area contributed by atoms with E-state index in [1.807, 2.05) is 67.6 Å². The van der Waals surface area contributed by atoms with Gasteiger partial charge in [0.2, 0.25) is 0 Å². The number of piperidine rings is 2. The van der Waals surface area contributed by atoms with Crippen LogP contribution in [-0.4, -0.2) is 146 Å². The third-order valence-corrected chi connectivity index (χ3v) is 16.2. The summed E-state index contributed by atoms with van der Waals surface area (Å²) in [5.74, 6) is 6.87. The monoisotopic (exact) mass is 1120 g/mol. The summed E-state index contributed by atoms with van der Waals surface area (Å²) in [6.07, 6.45) is 13.4. The number of hydrogen-bond donors (Lipinski definition) is 1. The number of anilines is 5. The van der Waals surface area contributed by atoms with E-state index in [1.54, 1.807) is 44.1 Å². The predicted molar refractivity (Wildman–Crippen MR) is 318 cm³/mol. The van der Waals surface area contributed by atoms with Gasteiger partial charge in [-0.05, 0) is 100 Å². The molecule has 0 radical (unpaired) electrons. The summed E-state index contributed by atoms with van der Waals surface area (Å²) in [6, 6.07) is 36.9. The fourth-order valence-electron chi connectivity index (χ4n) is 11.0.